The summed E-state index contributed by atoms with van der Waals surface area (Å²) in [5.74, 6) is -1.07. The van der Waals surface area contributed by atoms with Crippen LogP contribution < -0.4 is 10.6 Å². The number of rotatable bonds is 6. The fourth-order valence-electron chi connectivity index (χ4n) is 4.13. The number of carbonyl (C=O) groups is 3. The topological polar surface area (TPSA) is 95.5 Å². The molecule has 0 atom stereocenters. The molecule has 2 saturated carbocycles. The summed E-state index contributed by atoms with van der Waals surface area (Å²) < 4.78 is 0. The Labute approximate surface area is 159 Å². The fourth-order valence-corrected chi connectivity index (χ4v) is 4.13. The SMILES string of the molecule is O=C(NC1(C(=O)O)CCCCC1)c1ccc(CNC(=O)C2CCCC2)cc1. The van der Waals surface area contributed by atoms with Crippen LogP contribution in [0.15, 0.2) is 24.3 Å². The molecule has 27 heavy (non-hydrogen) atoms. The van der Waals surface area contributed by atoms with E-state index < -0.39 is 11.5 Å². The molecular formula is C21H28N2O4. The van der Waals surface area contributed by atoms with E-state index in [1.807, 2.05) is 0 Å². The second kappa shape index (κ2) is 8.55. The van der Waals surface area contributed by atoms with Gasteiger partial charge in [0.15, 0.2) is 0 Å². The van der Waals surface area contributed by atoms with Gasteiger partial charge in [0.25, 0.3) is 5.91 Å². The Bertz CT molecular complexity index is 687. The smallest absolute Gasteiger partial charge is 0.329 e. The Morgan fingerprint density at radius 3 is 2.19 bits per heavy atom. The average molecular weight is 372 g/mol. The van der Waals surface area contributed by atoms with Crippen LogP contribution in [0.5, 0.6) is 0 Å². The molecule has 0 unspecified atom stereocenters. The highest BCUT2D eigenvalue weighted by Gasteiger charge is 2.41. The molecule has 0 saturated heterocycles. The van der Waals surface area contributed by atoms with Crippen LogP contribution in [0.4, 0.5) is 0 Å². The van der Waals surface area contributed by atoms with E-state index in [4.69, 9.17) is 0 Å². The van der Waals surface area contributed by atoms with Crippen LogP contribution in [-0.2, 0) is 16.1 Å². The minimum absolute atomic E-state index is 0.106. The Kier molecular flexibility index (Phi) is 6.14. The molecule has 0 heterocycles. The normalized spacial score (nSPS) is 19.4. The molecule has 2 aliphatic carbocycles. The molecule has 0 radical (unpaired) electrons. The van der Waals surface area contributed by atoms with Crippen LogP contribution in [0.1, 0.15) is 73.7 Å². The first-order valence-corrected chi connectivity index (χ1v) is 9.93. The van der Waals surface area contributed by atoms with Crippen LogP contribution in [0.2, 0.25) is 0 Å². The van der Waals surface area contributed by atoms with Crippen molar-refractivity contribution in [3.05, 3.63) is 35.4 Å². The summed E-state index contributed by atoms with van der Waals surface area (Å²) in [7, 11) is 0. The van der Waals surface area contributed by atoms with Gasteiger partial charge in [-0.05, 0) is 43.4 Å². The Balaban J connectivity index is 1.56. The van der Waals surface area contributed by atoms with E-state index in [0.717, 1.165) is 50.5 Å². The van der Waals surface area contributed by atoms with E-state index in [9.17, 15) is 19.5 Å². The fraction of sp³-hybridized carbons (Fsp3) is 0.571. The predicted molar refractivity (Wildman–Crippen MR) is 101 cm³/mol. The number of hydrogen-bond acceptors (Lipinski definition) is 3. The van der Waals surface area contributed by atoms with Gasteiger partial charge in [-0.25, -0.2) is 4.79 Å². The third kappa shape index (κ3) is 4.67. The molecule has 0 bridgehead atoms. The van der Waals surface area contributed by atoms with Gasteiger partial charge in [-0.3, -0.25) is 9.59 Å². The second-order valence-electron chi connectivity index (χ2n) is 7.80. The largest absolute Gasteiger partial charge is 0.480 e. The first-order valence-electron chi connectivity index (χ1n) is 9.93. The monoisotopic (exact) mass is 372 g/mol. The summed E-state index contributed by atoms with van der Waals surface area (Å²) in [5.41, 5.74) is 0.207. The van der Waals surface area contributed by atoms with Crippen LogP contribution in [0.3, 0.4) is 0 Å². The molecule has 1 aromatic carbocycles. The Morgan fingerprint density at radius 1 is 0.963 bits per heavy atom. The molecule has 6 nitrogen and oxygen atoms in total. The molecular weight excluding hydrogens is 344 g/mol. The van der Waals surface area contributed by atoms with E-state index in [1.165, 1.54) is 0 Å². The Morgan fingerprint density at radius 2 is 1.59 bits per heavy atom. The average Bonchev–Trinajstić information content (AvgIpc) is 3.22. The Hall–Kier alpha value is -2.37. The number of carboxylic acids is 1. The van der Waals surface area contributed by atoms with Crippen LogP contribution in [0, 0.1) is 5.92 Å². The lowest BCUT2D eigenvalue weighted by molar-refractivity contribution is -0.146. The molecule has 2 aliphatic rings. The molecule has 0 spiro atoms. The van der Waals surface area contributed by atoms with E-state index in [1.54, 1.807) is 24.3 Å². The van der Waals surface area contributed by atoms with Crippen LogP contribution in [0.25, 0.3) is 0 Å². The zero-order chi connectivity index (χ0) is 19.3. The number of carbonyl (C=O) groups excluding carboxylic acids is 2. The maximum atomic E-state index is 12.5. The zero-order valence-electron chi connectivity index (χ0n) is 15.6. The van der Waals surface area contributed by atoms with Gasteiger partial charge >= 0.3 is 5.97 Å². The number of amides is 2. The maximum Gasteiger partial charge on any atom is 0.329 e. The standard InChI is InChI=1S/C21H28N2O4/c24-18(16-6-2-3-7-16)22-14-15-8-10-17(11-9-15)19(25)23-21(20(26)27)12-4-1-5-13-21/h8-11,16H,1-7,12-14H2,(H,22,24)(H,23,25)(H,26,27). The van der Waals surface area contributed by atoms with Gasteiger partial charge in [0.1, 0.15) is 5.54 Å². The van der Waals surface area contributed by atoms with Gasteiger partial charge in [0.2, 0.25) is 5.91 Å². The minimum Gasteiger partial charge on any atom is -0.480 e. The van der Waals surface area contributed by atoms with Gasteiger partial charge in [0.05, 0.1) is 0 Å². The summed E-state index contributed by atoms with van der Waals surface area (Å²) in [6, 6.07) is 6.98. The highest BCUT2D eigenvalue weighted by molar-refractivity contribution is 5.98. The van der Waals surface area contributed by atoms with Crippen molar-refractivity contribution in [1.82, 2.24) is 10.6 Å². The zero-order valence-corrected chi connectivity index (χ0v) is 15.6. The molecule has 2 amide bonds. The van der Waals surface area contributed by atoms with Gasteiger partial charge in [-0.15, -0.1) is 0 Å². The third-order valence-corrected chi connectivity index (χ3v) is 5.88. The van der Waals surface area contributed by atoms with E-state index in [-0.39, 0.29) is 17.7 Å². The van der Waals surface area contributed by atoms with Crippen molar-refractivity contribution < 1.29 is 19.5 Å². The van der Waals surface area contributed by atoms with Crippen molar-refractivity contribution in [2.75, 3.05) is 0 Å². The summed E-state index contributed by atoms with van der Waals surface area (Å²) in [4.78, 5) is 36.3. The van der Waals surface area contributed by atoms with Crippen molar-refractivity contribution >= 4 is 17.8 Å². The summed E-state index contributed by atoms with van der Waals surface area (Å²) >= 11 is 0. The lowest BCUT2D eigenvalue weighted by atomic mass is 9.81. The van der Waals surface area contributed by atoms with E-state index >= 15 is 0 Å². The lowest BCUT2D eigenvalue weighted by Crippen LogP contribution is -2.55. The highest BCUT2D eigenvalue weighted by atomic mass is 16.4. The first kappa shape index (κ1) is 19.4. The predicted octanol–water partition coefficient (Wildman–Crippen LogP) is 3.01. The van der Waals surface area contributed by atoms with E-state index in [0.29, 0.717) is 24.9 Å². The number of hydrogen-bond donors (Lipinski definition) is 3. The second-order valence-corrected chi connectivity index (χ2v) is 7.80. The molecule has 2 fully saturated rings. The van der Waals surface area contributed by atoms with Crippen molar-refractivity contribution in [2.24, 2.45) is 5.92 Å². The highest BCUT2D eigenvalue weighted by Crippen LogP contribution is 2.29. The van der Waals surface area contributed by atoms with Crippen molar-refractivity contribution in [1.29, 1.82) is 0 Å². The van der Waals surface area contributed by atoms with Crippen LogP contribution in [-0.4, -0.2) is 28.4 Å². The number of nitrogens with one attached hydrogen (secondary N) is 2. The molecule has 1 aromatic rings. The lowest BCUT2D eigenvalue weighted by Gasteiger charge is -2.34. The molecule has 3 rings (SSSR count). The van der Waals surface area contributed by atoms with Crippen molar-refractivity contribution in [3.8, 4) is 0 Å². The van der Waals surface area contributed by atoms with Gasteiger partial charge in [0, 0.05) is 18.0 Å². The summed E-state index contributed by atoms with van der Waals surface area (Å²) in [5, 5.41) is 15.3. The molecule has 0 aliphatic heterocycles. The van der Waals surface area contributed by atoms with Gasteiger partial charge in [-0.1, -0.05) is 44.2 Å². The minimum atomic E-state index is -1.15. The number of benzene rings is 1. The molecule has 0 aromatic heterocycles. The third-order valence-electron chi connectivity index (χ3n) is 5.88. The van der Waals surface area contributed by atoms with E-state index in [2.05, 4.69) is 10.6 Å². The van der Waals surface area contributed by atoms with Crippen molar-refractivity contribution in [2.45, 2.75) is 69.9 Å². The maximum absolute atomic E-state index is 12.5. The van der Waals surface area contributed by atoms with Gasteiger partial charge in [-0.2, -0.15) is 0 Å². The first-order chi connectivity index (χ1) is 13.0. The number of aliphatic carboxylic acids is 1. The van der Waals surface area contributed by atoms with Crippen molar-refractivity contribution in [3.63, 3.8) is 0 Å². The quantitative estimate of drug-likeness (QED) is 0.715. The number of carboxylic acid groups (broad SMARTS) is 1. The van der Waals surface area contributed by atoms with Crippen LogP contribution >= 0.6 is 0 Å². The summed E-state index contributed by atoms with van der Waals surface area (Å²) in [6.07, 6.45) is 7.76. The summed E-state index contributed by atoms with van der Waals surface area (Å²) in [6.45, 7) is 0.441. The van der Waals surface area contributed by atoms with Gasteiger partial charge < -0.3 is 15.7 Å². The molecule has 146 valence electrons. The molecule has 6 heteroatoms. The molecule has 3 N–H and O–H groups in total.